The van der Waals surface area contributed by atoms with E-state index in [0.717, 1.165) is 5.56 Å². The molecule has 1 fully saturated rings. The highest BCUT2D eigenvalue weighted by atomic mass is 16.5. The number of ketones is 1. The molecule has 192 valence electrons. The fraction of sp³-hybridized carbons (Fsp3) is 0.296. The Balaban J connectivity index is 1.34. The Labute approximate surface area is 213 Å². The number of hydrogen-bond donors (Lipinski definition) is 2. The first-order valence-electron chi connectivity index (χ1n) is 11.9. The van der Waals surface area contributed by atoms with Gasteiger partial charge in [-0.15, -0.1) is 0 Å². The summed E-state index contributed by atoms with van der Waals surface area (Å²) in [6.45, 7) is 0.167. The average molecular weight is 505 g/mol. The van der Waals surface area contributed by atoms with Gasteiger partial charge in [-0.1, -0.05) is 24.3 Å². The molecule has 0 bridgehead atoms. The van der Waals surface area contributed by atoms with E-state index in [-0.39, 0.29) is 13.1 Å². The number of methoxy groups -OCH3 is 2. The lowest BCUT2D eigenvalue weighted by Gasteiger charge is -2.23. The molecule has 2 aromatic carbocycles. The first-order valence-corrected chi connectivity index (χ1v) is 11.9. The molecule has 10 heteroatoms. The van der Waals surface area contributed by atoms with Crippen LogP contribution in [0.4, 0.5) is 0 Å². The van der Waals surface area contributed by atoms with Gasteiger partial charge < -0.3 is 25.0 Å². The van der Waals surface area contributed by atoms with Crippen LogP contribution >= 0.6 is 0 Å². The number of Topliss-reactive ketones (excluding diaryl/α,β-unsaturated/α-hetero) is 1. The van der Waals surface area contributed by atoms with Crippen LogP contribution in [0.3, 0.4) is 0 Å². The normalized spacial score (nSPS) is 14.8. The predicted octanol–water partition coefficient (Wildman–Crippen LogP) is 1.86. The third kappa shape index (κ3) is 5.69. The number of carbonyl (C=O) groups excluding carboxylic acids is 4. The molecule has 37 heavy (non-hydrogen) atoms. The Bertz CT molecular complexity index is 1340. The second-order valence-corrected chi connectivity index (χ2v) is 8.54. The van der Waals surface area contributed by atoms with Crippen molar-refractivity contribution in [2.45, 2.75) is 25.4 Å². The number of carbonyl (C=O) groups is 4. The molecular weight excluding hydrogens is 476 g/mol. The van der Waals surface area contributed by atoms with Crippen molar-refractivity contribution in [3.05, 3.63) is 65.9 Å². The van der Waals surface area contributed by atoms with Gasteiger partial charge in [-0.25, -0.2) is 0 Å². The second kappa shape index (κ2) is 11.5. The van der Waals surface area contributed by atoms with Crippen molar-refractivity contribution < 1.29 is 28.7 Å². The maximum atomic E-state index is 12.9. The zero-order chi connectivity index (χ0) is 26.4. The van der Waals surface area contributed by atoms with Gasteiger partial charge in [0.1, 0.15) is 6.04 Å². The largest absolute Gasteiger partial charge is 0.493 e. The lowest BCUT2D eigenvalue weighted by Crippen LogP contribution is -2.49. The molecule has 2 N–H and O–H groups in total. The molecule has 3 amide bonds. The first-order chi connectivity index (χ1) is 17.9. The molecular formula is C27H28N4O6. The van der Waals surface area contributed by atoms with Gasteiger partial charge >= 0.3 is 0 Å². The lowest BCUT2D eigenvalue weighted by molar-refractivity contribution is -0.144. The average Bonchev–Trinajstić information content (AvgIpc) is 3.43. The molecule has 0 radical (unpaired) electrons. The minimum absolute atomic E-state index is 0.113. The van der Waals surface area contributed by atoms with E-state index in [9.17, 15) is 19.2 Å². The molecule has 4 rings (SSSR count). The number of hydrogen-bond acceptors (Lipinski definition) is 7. The number of aromatic nitrogens is 1. The summed E-state index contributed by atoms with van der Waals surface area (Å²) in [6, 6.07) is 13.1. The topological polar surface area (TPSA) is 127 Å². The minimum Gasteiger partial charge on any atom is -0.493 e. The molecule has 1 aromatic heterocycles. The summed E-state index contributed by atoms with van der Waals surface area (Å²) in [5, 5.41) is 5.92. The van der Waals surface area contributed by atoms with Gasteiger partial charge in [-0.05, 0) is 42.7 Å². The van der Waals surface area contributed by atoms with E-state index in [1.807, 2.05) is 12.1 Å². The van der Waals surface area contributed by atoms with Gasteiger partial charge in [-0.2, -0.15) is 0 Å². The summed E-state index contributed by atoms with van der Waals surface area (Å²) in [4.78, 5) is 56.7. The molecule has 2 heterocycles. The first kappa shape index (κ1) is 25.6. The molecule has 10 nitrogen and oxygen atoms in total. The standard InChI is InChI=1S/C27H28N4O6/c1-36-22-10-9-17(14-23(22)37-2)15-29-27(35)25(33)21-8-5-13-31(21)24(32)16-30-26(34)19-11-12-28-20-7-4-3-6-18(19)20/h3-4,6-7,9-12,14,21H,5,8,13,15-16H2,1-2H3,(H,29,35)(H,30,34). The van der Waals surface area contributed by atoms with Crippen molar-refractivity contribution >= 4 is 34.4 Å². The number of ether oxygens (including phenoxy) is 2. The smallest absolute Gasteiger partial charge is 0.289 e. The Hall–Kier alpha value is -4.47. The van der Waals surface area contributed by atoms with E-state index in [1.54, 1.807) is 36.4 Å². The van der Waals surface area contributed by atoms with Gasteiger partial charge in [0.15, 0.2) is 11.5 Å². The highest BCUT2D eigenvalue weighted by Crippen LogP contribution is 2.27. The van der Waals surface area contributed by atoms with E-state index < -0.39 is 29.5 Å². The number of nitrogens with zero attached hydrogens (tertiary/aromatic N) is 2. The van der Waals surface area contributed by atoms with E-state index >= 15 is 0 Å². The molecule has 3 aromatic rings. The maximum absolute atomic E-state index is 12.9. The third-order valence-corrected chi connectivity index (χ3v) is 6.29. The molecule has 0 aliphatic carbocycles. The summed E-state index contributed by atoms with van der Waals surface area (Å²) in [7, 11) is 3.04. The van der Waals surface area contributed by atoms with Crippen LogP contribution in [0.5, 0.6) is 11.5 Å². The summed E-state index contributed by atoms with van der Waals surface area (Å²) < 4.78 is 10.5. The van der Waals surface area contributed by atoms with E-state index in [1.165, 1.54) is 25.3 Å². The highest BCUT2D eigenvalue weighted by Gasteiger charge is 2.37. The van der Waals surface area contributed by atoms with Crippen molar-refractivity contribution in [3.8, 4) is 11.5 Å². The number of fused-ring (bicyclic) bond motifs is 1. The van der Waals surface area contributed by atoms with E-state index in [4.69, 9.17) is 9.47 Å². The zero-order valence-electron chi connectivity index (χ0n) is 20.7. The maximum Gasteiger partial charge on any atom is 0.289 e. The van der Waals surface area contributed by atoms with Gasteiger partial charge in [0.25, 0.3) is 11.8 Å². The SMILES string of the molecule is COc1ccc(CNC(=O)C(=O)C2CCCN2C(=O)CNC(=O)c2ccnc3ccccc23)cc1OC. The fourth-order valence-electron chi connectivity index (χ4n) is 4.40. The molecule has 1 saturated heterocycles. The van der Waals surface area contributed by atoms with E-state index in [0.29, 0.717) is 47.4 Å². The van der Waals surface area contributed by atoms with Gasteiger partial charge in [0, 0.05) is 24.7 Å². The van der Waals surface area contributed by atoms with Crippen LogP contribution in [0.2, 0.25) is 0 Å². The van der Waals surface area contributed by atoms with Crippen LogP contribution < -0.4 is 20.1 Å². The van der Waals surface area contributed by atoms with Crippen LogP contribution in [-0.4, -0.2) is 66.7 Å². The number of nitrogens with one attached hydrogen (secondary N) is 2. The quantitative estimate of drug-likeness (QED) is 0.426. The third-order valence-electron chi connectivity index (χ3n) is 6.29. The van der Waals surface area contributed by atoms with Gasteiger partial charge in [0.2, 0.25) is 11.7 Å². The second-order valence-electron chi connectivity index (χ2n) is 8.54. The number of likely N-dealkylation sites (tertiary alicyclic amines) is 1. The Kier molecular flexibility index (Phi) is 7.97. The number of para-hydroxylation sites is 1. The molecule has 1 atom stereocenters. The molecule has 1 aliphatic rings. The molecule has 0 spiro atoms. The minimum atomic E-state index is -0.864. The van der Waals surface area contributed by atoms with Gasteiger partial charge in [0.05, 0.1) is 31.8 Å². The molecule has 0 saturated carbocycles. The van der Waals surface area contributed by atoms with Gasteiger partial charge in [-0.3, -0.25) is 24.2 Å². The highest BCUT2D eigenvalue weighted by molar-refractivity contribution is 6.38. The fourth-order valence-corrected chi connectivity index (χ4v) is 4.40. The van der Waals surface area contributed by atoms with Crippen molar-refractivity contribution in [2.24, 2.45) is 0 Å². The van der Waals surface area contributed by atoms with Crippen molar-refractivity contribution in [3.63, 3.8) is 0 Å². The van der Waals surface area contributed by atoms with Crippen LogP contribution in [-0.2, 0) is 20.9 Å². The van der Waals surface area contributed by atoms with Crippen molar-refractivity contribution in [1.29, 1.82) is 0 Å². The van der Waals surface area contributed by atoms with E-state index in [2.05, 4.69) is 15.6 Å². The number of amides is 3. The van der Waals surface area contributed by atoms with Crippen LogP contribution in [0, 0.1) is 0 Å². The lowest BCUT2D eigenvalue weighted by atomic mass is 10.1. The van der Waals surface area contributed by atoms with Crippen LogP contribution in [0.15, 0.2) is 54.7 Å². The van der Waals surface area contributed by atoms with Crippen molar-refractivity contribution in [2.75, 3.05) is 27.3 Å². The number of benzene rings is 2. The summed E-state index contributed by atoms with van der Waals surface area (Å²) in [5.41, 5.74) is 1.80. The number of pyridine rings is 1. The predicted molar refractivity (Wildman–Crippen MR) is 135 cm³/mol. The summed E-state index contributed by atoms with van der Waals surface area (Å²) >= 11 is 0. The Morgan fingerprint density at radius 2 is 1.78 bits per heavy atom. The Morgan fingerprint density at radius 1 is 1.00 bits per heavy atom. The zero-order valence-corrected chi connectivity index (χ0v) is 20.7. The summed E-state index contributed by atoms with van der Waals surface area (Å²) in [6.07, 6.45) is 2.51. The monoisotopic (exact) mass is 504 g/mol. The van der Waals surface area contributed by atoms with Crippen LogP contribution in [0.1, 0.15) is 28.8 Å². The number of rotatable bonds is 9. The summed E-state index contributed by atoms with van der Waals surface area (Å²) in [5.74, 6) is -1.23. The molecule has 1 aliphatic heterocycles. The molecule has 1 unspecified atom stereocenters. The van der Waals surface area contributed by atoms with Crippen LogP contribution in [0.25, 0.3) is 10.9 Å². The Morgan fingerprint density at radius 3 is 2.57 bits per heavy atom. The van der Waals surface area contributed by atoms with Crippen molar-refractivity contribution in [1.82, 2.24) is 20.5 Å².